The van der Waals surface area contributed by atoms with Gasteiger partial charge in [-0.3, -0.25) is 0 Å². The van der Waals surface area contributed by atoms with Crippen LogP contribution in [0.4, 0.5) is 0 Å². The van der Waals surface area contributed by atoms with Crippen molar-refractivity contribution in [3.8, 4) is 0 Å². The molecule has 12 heavy (non-hydrogen) atoms. The van der Waals surface area contributed by atoms with Gasteiger partial charge in [0.05, 0.1) is 0 Å². The molecule has 0 aromatic rings. The van der Waals surface area contributed by atoms with Gasteiger partial charge < -0.3 is 0 Å². The molecule has 4 heteroatoms. The summed E-state index contributed by atoms with van der Waals surface area (Å²) in [6, 6.07) is 0. The second-order valence-corrected chi connectivity index (χ2v) is 3.27. The fourth-order valence-electron chi connectivity index (χ4n) is 1.05. The van der Waals surface area contributed by atoms with E-state index in [1.807, 2.05) is 0 Å². The summed E-state index contributed by atoms with van der Waals surface area (Å²) < 4.78 is 14.9. The van der Waals surface area contributed by atoms with Crippen LogP contribution in [0.15, 0.2) is 0 Å². The Morgan fingerprint density at radius 1 is 1.42 bits per heavy atom. The Kier molecular flexibility index (Phi) is 16.4. The molecule has 0 saturated carbocycles. The Bertz CT molecular complexity index is 101. The third-order valence-electron chi connectivity index (χ3n) is 1.92. The zero-order valence-electron chi connectivity index (χ0n) is 7.93. The molecule has 2 nitrogen and oxygen atoms in total. The molecule has 0 rings (SSSR count). The van der Waals surface area contributed by atoms with Crippen LogP contribution in [0.3, 0.4) is 0 Å². The van der Waals surface area contributed by atoms with Crippen molar-refractivity contribution in [2.75, 3.05) is 6.61 Å². The average molecular weight is 321 g/mol. The van der Waals surface area contributed by atoms with Crippen LogP contribution in [-0.2, 0) is 9.09 Å². The van der Waals surface area contributed by atoms with Crippen molar-refractivity contribution >= 4 is 8.69 Å². The van der Waals surface area contributed by atoms with E-state index < -0.39 is 8.69 Å². The zero-order valence-corrected chi connectivity index (χ0v) is 12.1. The van der Waals surface area contributed by atoms with Gasteiger partial charge in [0.25, 0.3) is 0 Å². The molecule has 0 heterocycles. The fraction of sp³-hybridized carbons (Fsp3) is 1.00. The summed E-state index contributed by atoms with van der Waals surface area (Å²) in [4.78, 5) is 0. The summed E-state index contributed by atoms with van der Waals surface area (Å²) in [6.07, 6.45) is 4.82. The first-order valence-electron chi connectivity index (χ1n) is 4.34. The van der Waals surface area contributed by atoms with Gasteiger partial charge in [-0.2, -0.15) is 0 Å². The van der Waals surface area contributed by atoms with Gasteiger partial charge in [0.15, 0.2) is 0 Å². The van der Waals surface area contributed by atoms with Gasteiger partial charge in [-0.25, -0.2) is 0 Å². The Labute approximate surface area is 110 Å². The van der Waals surface area contributed by atoms with Crippen molar-refractivity contribution < 1.29 is 49.9 Å². The summed E-state index contributed by atoms with van der Waals surface area (Å²) in [5.41, 5.74) is 0. The summed E-state index contributed by atoms with van der Waals surface area (Å²) in [7, 11) is -0.591. The van der Waals surface area contributed by atoms with Crippen molar-refractivity contribution in [2.24, 2.45) is 5.92 Å². The molecule has 0 aromatic heterocycles. The van der Waals surface area contributed by atoms with E-state index >= 15 is 0 Å². The number of rotatable bonds is 7. The standard InChI is InChI=1S/C8H18O2P.Nd/c1-3-5-6-8(4-2)7-10-11-9;/h8,11H,3-7H2,1-2H3;/q+1;. The summed E-state index contributed by atoms with van der Waals surface area (Å²) in [5.74, 6) is 0.608. The second kappa shape index (κ2) is 12.4. The average Bonchev–Trinajstić information content (AvgIpc) is 2.05. The SMILES string of the molecule is CCCCC(CC)CO[PH+]=O.[Nd]. The Morgan fingerprint density at radius 3 is 2.50 bits per heavy atom. The summed E-state index contributed by atoms with van der Waals surface area (Å²) >= 11 is 0. The largest absolute Gasteiger partial charge is 0.494 e. The van der Waals surface area contributed by atoms with Crippen LogP contribution in [-0.4, -0.2) is 6.61 Å². The van der Waals surface area contributed by atoms with Gasteiger partial charge in [0.2, 0.25) is 0 Å². The van der Waals surface area contributed by atoms with Crippen molar-refractivity contribution in [1.29, 1.82) is 0 Å². The topological polar surface area (TPSA) is 26.3 Å². The predicted octanol–water partition coefficient (Wildman–Crippen LogP) is 3.16. The van der Waals surface area contributed by atoms with Crippen LogP contribution >= 0.6 is 8.69 Å². The van der Waals surface area contributed by atoms with Crippen LogP contribution in [0, 0.1) is 46.8 Å². The van der Waals surface area contributed by atoms with Gasteiger partial charge in [-0.05, 0) is 16.9 Å². The molecule has 0 aliphatic heterocycles. The van der Waals surface area contributed by atoms with Crippen molar-refractivity contribution in [1.82, 2.24) is 0 Å². The van der Waals surface area contributed by atoms with E-state index in [2.05, 4.69) is 13.8 Å². The minimum atomic E-state index is -0.591. The van der Waals surface area contributed by atoms with Crippen molar-refractivity contribution in [3.63, 3.8) is 0 Å². The first-order valence-corrected chi connectivity index (χ1v) is 5.15. The maximum Gasteiger partial charge on any atom is 0.494 e. The molecule has 0 aromatic carbocycles. The molecule has 0 aliphatic rings. The molecular weight excluding hydrogens is 303 g/mol. The quantitative estimate of drug-likeness (QED) is 0.673. The van der Waals surface area contributed by atoms with Gasteiger partial charge in [-0.1, -0.05) is 33.1 Å². The van der Waals surface area contributed by atoms with Crippen molar-refractivity contribution in [3.05, 3.63) is 0 Å². The zero-order chi connectivity index (χ0) is 8.53. The van der Waals surface area contributed by atoms with E-state index in [1.54, 1.807) is 0 Å². The summed E-state index contributed by atoms with van der Waals surface area (Å²) in [5, 5.41) is 0. The van der Waals surface area contributed by atoms with Gasteiger partial charge in [0.1, 0.15) is 6.61 Å². The number of unbranched alkanes of at least 4 members (excludes halogenated alkanes) is 1. The van der Waals surface area contributed by atoms with Crippen LogP contribution < -0.4 is 0 Å². The molecule has 0 amide bonds. The second-order valence-electron chi connectivity index (χ2n) is 2.81. The fourth-order valence-corrected chi connectivity index (χ4v) is 1.35. The first-order chi connectivity index (χ1) is 5.35. The molecule has 0 spiro atoms. The number of hydrogen-bond donors (Lipinski definition) is 0. The van der Waals surface area contributed by atoms with E-state index in [0.717, 1.165) is 6.42 Å². The molecule has 0 fully saturated rings. The third-order valence-corrected chi connectivity index (χ3v) is 2.21. The molecule has 0 saturated heterocycles. The monoisotopic (exact) mass is 319 g/mol. The van der Waals surface area contributed by atoms with E-state index in [0.29, 0.717) is 12.5 Å². The van der Waals surface area contributed by atoms with Crippen LogP contribution in [0.1, 0.15) is 39.5 Å². The Hall–Kier alpha value is 1.41. The normalized spacial score (nSPS) is 12.5. The molecule has 70 valence electrons. The maximum absolute atomic E-state index is 10.0. The van der Waals surface area contributed by atoms with Gasteiger partial charge in [-0.15, -0.1) is 4.52 Å². The van der Waals surface area contributed by atoms with E-state index in [9.17, 15) is 4.57 Å². The molecular formula is C8H18NdO2P+. The molecule has 2 atom stereocenters. The minimum absolute atomic E-state index is 0. The van der Waals surface area contributed by atoms with Crippen LogP contribution in [0.2, 0.25) is 0 Å². The molecule has 0 aliphatic carbocycles. The molecule has 0 radical (unpaired) electrons. The predicted molar refractivity (Wildman–Crippen MR) is 48.3 cm³/mol. The van der Waals surface area contributed by atoms with Gasteiger partial charge in [0, 0.05) is 40.8 Å². The van der Waals surface area contributed by atoms with Gasteiger partial charge >= 0.3 is 8.69 Å². The minimum Gasteiger partial charge on any atom is -0.148 e. The smallest absolute Gasteiger partial charge is 0.148 e. The molecule has 0 bridgehead atoms. The summed E-state index contributed by atoms with van der Waals surface area (Å²) in [6.45, 7) is 5.00. The molecule has 2 unspecified atom stereocenters. The maximum atomic E-state index is 10.0. The Morgan fingerprint density at radius 2 is 2.08 bits per heavy atom. The van der Waals surface area contributed by atoms with Crippen LogP contribution in [0.5, 0.6) is 0 Å². The van der Waals surface area contributed by atoms with E-state index in [1.165, 1.54) is 19.3 Å². The van der Waals surface area contributed by atoms with E-state index in [-0.39, 0.29) is 40.8 Å². The van der Waals surface area contributed by atoms with Crippen molar-refractivity contribution in [2.45, 2.75) is 39.5 Å². The van der Waals surface area contributed by atoms with Crippen LogP contribution in [0.25, 0.3) is 0 Å². The Balaban J connectivity index is 0. The van der Waals surface area contributed by atoms with E-state index in [4.69, 9.17) is 4.52 Å². The third kappa shape index (κ3) is 9.50. The molecule has 0 N–H and O–H groups in total. The first kappa shape index (κ1) is 15.9. The number of hydrogen-bond acceptors (Lipinski definition) is 2.